The topological polar surface area (TPSA) is 20.2 Å². The Bertz CT molecular complexity index is 359. The van der Waals surface area contributed by atoms with Gasteiger partial charge in [-0.3, -0.25) is 0 Å². The van der Waals surface area contributed by atoms with Crippen molar-refractivity contribution in [3.8, 4) is 5.75 Å². The molecule has 17 heavy (non-hydrogen) atoms. The van der Waals surface area contributed by atoms with E-state index in [1.165, 1.54) is 5.56 Å². The molecule has 1 N–H and O–H groups in total. The Morgan fingerprint density at radius 2 is 1.12 bits per heavy atom. The number of aryl methyl sites for hydroxylation is 1. The number of phenolic OH excluding ortho intramolecular Hbond substituents is 1. The van der Waals surface area contributed by atoms with E-state index in [1.807, 2.05) is 0 Å². The van der Waals surface area contributed by atoms with Gasteiger partial charge >= 0.3 is 0 Å². The van der Waals surface area contributed by atoms with Gasteiger partial charge in [0.05, 0.1) is 0 Å². The predicted octanol–water partition coefficient (Wildman–Crippen LogP) is 4.29. The molecule has 1 aromatic rings. The van der Waals surface area contributed by atoms with Crippen LogP contribution in [0.15, 0.2) is 12.1 Å². The van der Waals surface area contributed by atoms with Crippen molar-refractivity contribution < 1.29 is 24.6 Å². The molecule has 0 radical (unpaired) electrons. The van der Waals surface area contributed by atoms with E-state index in [0.717, 1.165) is 11.1 Å². The number of hydrogen-bond acceptors (Lipinski definition) is 1. The Balaban J connectivity index is 0.00000256. The third-order valence-corrected chi connectivity index (χ3v) is 2.87. The normalized spacial score (nSPS) is 12.2. The molecule has 0 fully saturated rings. The Kier molecular flexibility index (Phi) is 4.99. The molecule has 0 aromatic heterocycles. The average molecular weight is 286 g/mol. The Morgan fingerprint density at radius 3 is 1.35 bits per heavy atom. The third-order valence-electron chi connectivity index (χ3n) is 2.87. The van der Waals surface area contributed by atoms with E-state index in [-0.39, 0.29) is 30.3 Å². The van der Waals surface area contributed by atoms with E-state index in [0.29, 0.717) is 5.75 Å². The first-order valence-electron chi connectivity index (χ1n) is 5.88. The molecule has 0 saturated heterocycles. The van der Waals surface area contributed by atoms with Crippen molar-refractivity contribution in [3.05, 3.63) is 28.8 Å². The van der Waals surface area contributed by atoms with Gasteiger partial charge in [0.1, 0.15) is 5.75 Å². The van der Waals surface area contributed by atoms with Gasteiger partial charge in [0, 0.05) is 19.5 Å². The average Bonchev–Trinajstić information content (AvgIpc) is 2.04. The van der Waals surface area contributed by atoms with Crippen molar-refractivity contribution in [1.29, 1.82) is 0 Å². The molecule has 92 valence electrons. The van der Waals surface area contributed by atoms with Crippen molar-refractivity contribution in [2.24, 2.45) is 0 Å². The zero-order valence-electron chi connectivity index (χ0n) is 12.3. The fourth-order valence-electron chi connectivity index (χ4n) is 1.92. The molecule has 0 heterocycles. The van der Waals surface area contributed by atoms with E-state index in [9.17, 15) is 5.11 Å². The number of rotatable bonds is 0. The summed E-state index contributed by atoms with van der Waals surface area (Å²) in [5.74, 6) is 0.464. The Morgan fingerprint density at radius 1 is 0.824 bits per heavy atom. The minimum atomic E-state index is -0.0178. The maximum absolute atomic E-state index is 10.4. The second-order valence-corrected chi connectivity index (χ2v) is 6.71. The SMILES string of the molecule is Cc1cc(C(C)(C)C)c(O)c(C(C)(C)C)c1.[Zn]. The van der Waals surface area contributed by atoms with Gasteiger partial charge in [0.2, 0.25) is 0 Å². The van der Waals surface area contributed by atoms with Crippen molar-refractivity contribution in [1.82, 2.24) is 0 Å². The molecule has 0 aliphatic heterocycles. The molecule has 0 amide bonds. The van der Waals surface area contributed by atoms with Crippen molar-refractivity contribution in [3.63, 3.8) is 0 Å². The molecule has 0 atom stereocenters. The van der Waals surface area contributed by atoms with Crippen LogP contribution in [0.5, 0.6) is 5.75 Å². The smallest absolute Gasteiger partial charge is 0.123 e. The maximum atomic E-state index is 10.4. The van der Waals surface area contributed by atoms with E-state index in [2.05, 4.69) is 60.6 Å². The van der Waals surface area contributed by atoms with Crippen LogP contribution in [-0.2, 0) is 30.3 Å². The second kappa shape index (κ2) is 5.10. The largest absolute Gasteiger partial charge is 0.507 e. The van der Waals surface area contributed by atoms with Crippen LogP contribution in [0, 0.1) is 6.92 Å². The maximum Gasteiger partial charge on any atom is 0.123 e. The molecule has 0 aliphatic carbocycles. The van der Waals surface area contributed by atoms with Crippen molar-refractivity contribution >= 4 is 0 Å². The quantitative estimate of drug-likeness (QED) is 0.705. The fraction of sp³-hybridized carbons (Fsp3) is 0.600. The zero-order chi connectivity index (χ0) is 12.7. The molecule has 0 aliphatic rings. The fourth-order valence-corrected chi connectivity index (χ4v) is 1.92. The monoisotopic (exact) mass is 284 g/mol. The number of hydrogen-bond donors (Lipinski definition) is 1. The van der Waals surface area contributed by atoms with Gasteiger partial charge in [0.25, 0.3) is 0 Å². The molecule has 1 rings (SSSR count). The number of benzene rings is 1. The summed E-state index contributed by atoms with van der Waals surface area (Å²) in [4.78, 5) is 0. The van der Waals surface area contributed by atoms with Gasteiger partial charge in [0.15, 0.2) is 0 Å². The molecule has 0 bridgehead atoms. The van der Waals surface area contributed by atoms with Gasteiger partial charge in [-0.1, -0.05) is 59.2 Å². The molecule has 1 nitrogen and oxygen atoms in total. The van der Waals surface area contributed by atoms with Crippen LogP contribution in [0.2, 0.25) is 0 Å². The van der Waals surface area contributed by atoms with E-state index in [1.54, 1.807) is 0 Å². The van der Waals surface area contributed by atoms with Crippen LogP contribution in [0.3, 0.4) is 0 Å². The first-order chi connectivity index (χ1) is 7.03. The van der Waals surface area contributed by atoms with Crippen LogP contribution in [0.1, 0.15) is 58.2 Å². The minimum absolute atomic E-state index is 0. The Hall–Kier alpha value is -0.357. The van der Waals surface area contributed by atoms with Crippen LogP contribution in [0.4, 0.5) is 0 Å². The van der Waals surface area contributed by atoms with Crippen molar-refractivity contribution in [2.75, 3.05) is 0 Å². The Labute approximate surface area is 118 Å². The van der Waals surface area contributed by atoms with E-state index in [4.69, 9.17) is 0 Å². The molecular weight excluding hydrogens is 262 g/mol. The van der Waals surface area contributed by atoms with Gasteiger partial charge < -0.3 is 5.11 Å². The molecular formula is C15H24OZn. The summed E-state index contributed by atoms with van der Waals surface area (Å²) in [7, 11) is 0. The first-order valence-corrected chi connectivity index (χ1v) is 5.88. The molecule has 2 heteroatoms. The van der Waals surface area contributed by atoms with Gasteiger partial charge in [-0.15, -0.1) is 0 Å². The van der Waals surface area contributed by atoms with Gasteiger partial charge in [-0.05, 0) is 28.9 Å². The van der Waals surface area contributed by atoms with E-state index < -0.39 is 0 Å². The van der Waals surface area contributed by atoms with Gasteiger partial charge in [-0.25, -0.2) is 0 Å². The molecule has 0 spiro atoms. The molecule has 1 aromatic carbocycles. The predicted molar refractivity (Wildman–Crippen MR) is 70.2 cm³/mol. The zero-order valence-corrected chi connectivity index (χ0v) is 15.3. The third kappa shape index (κ3) is 3.81. The number of aromatic hydroxyl groups is 1. The van der Waals surface area contributed by atoms with Crippen LogP contribution < -0.4 is 0 Å². The summed E-state index contributed by atoms with van der Waals surface area (Å²) in [6.45, 7) is 14.9. The number of phenols is 1. The van der Waals surface area contributed by atoms with Crippen LogP contribution in [0.25, 0.3) is 0 Å². The summed E-state index contributed by atoms with van der Waals surface area (Å²) < 4.78 is 0. The summed E-state index contributed by atoms with van der Waals surface area (Å²) in [5, 5.41) is 10.4. The van der Waals surface area contributed by atoms with Crippen LogP contribution in [-0.4, -0.2) is 5.11 Å². The molecule has 0 unspecified atom stereocenters. The summed E-state index contributed by atoms with van der Waals surface area (Å²) in [5.41, 5.74) is 3.26. The van der Waals surface area contributed by atoms with Gasteiger partial charge in [-0.2, -0.15) is 0 Å². The minimum Gasteiger partial charge on any atom is -0.507 e. The summed E-state index contributed by atoms with van der Waals surface area (Å²) >= 11 is 0. The first kappa shape index (κ1) is 16.6. The molecule has 0 saturated carbocycles. The van der Waals surface area contributed by atoms with Crippen molar-refractivity contribution in [2.45, 2.75) is 59.3 Å². The summed E-state index contributed by atoms with van der Waals surface area (Å²) in [6, 6.07) is 4.18. The standard InChI is InChI=1S/C15H24O.Zn/c1-10-8-11(14(2,3)4)13(16)12(9-10)15(5,6)7;/h8-9,16H,1-7H3;. The van der Waals surface area contributed by atoms with E-state index >= 15 is 0 Å². The second-order valence-electron chi connectivity index (χ2n) is 6.71. The summed E-state index contributed by atoms with van der Waals surface area (Å²) in [6.07, 6.45) is 0. The van der Waals surface area contributed by atoms with Crippen LogP contribution >= 0.6 is 0 Å².